The average molecular weight is 446 g/mol. The summed E-state index contributed by atoms with van der Waals surface area (Å²) in [6.45, 7) is 8.64. The predicted molar refractivity (Wildman–Crippen MR) is 121 cm³/mol. The Labute approximate surface area is 185 Å². The summed E-state index contributed by atoms with van der Waals surface area (Å²) in [4.78, 5) is 21.4. The largest absolute Gasteiger partial charge is 0.510 e. The van der Waals surface area contributed by atoms with Gasteiger partial charge in [0.1, 0.15) is 23.4 Å². The minimum absolute atomic E-state index is 0.256. The highest BCUT2D eigenvalue weighted by Gasteiger charge is 2.23. The molecule has 1 aromatic heterocycles. The van der Waals surface area contributed by atoms with E-state index in [1.807, 2.05) is 0 Å². The fourth-order valence-electron chi connectivity index (χ4n) is 3.83. The third-order valence-corrected chi connectivity index (χ3v) is 5.47. The number of aliphatic hydroxyl groups excluding tert-OH is 1. The first-order chi connectivity index (χ1) is 15.2. The second-order valence-electron chi connectivity index (χ2n) is 7.96. The molecule has 1 aromatic rings. The number of hydrogen-bond acceptors (Lipinski definition) is 6. The molecule has 3 heterocycles. The van der Waals surface area contributed by atoms with Gasteiger partial charge in [0.15, 0.2) is 5.95 Å². The molecule has 7 nitrogen and oxygen atoms in total. The van der Waals surface area contributed by atoms with Crippen LogP contribution in [-0.2, 0) is 0 Å². The van der Waals surface area contributed by atoms with Crippen molar-refractivity contribution in [1.29, 1.82) is 0 Å². The number of nitrogens with one attached hydrogen (secondary N) is 3. The van der Waals surface area contributed by atoms with Gasteiger partial charge in [-0.05, 0) is 56.9 Å². The number of allylic oxidation sites excluding steroid dienone is 2. The van der Waals surface area contributed by atoms with E-state index in [2.05, 4.69) is 32.1 Å². The van der Waals surface area contributed by atoms with Crippen LogP contribution in [0.15, 0.2) is 59.3 Å². The number of halogens is 2. The van der Waals surface area contributed by atoms with E-state index in [1.54, 1.807) is 13.8 Å². The first kappa shape index (κ1) is 23.3. The van der Waals surface area contributed by atoms with E-state index >= 15 is 0 Å². The van der Waals surface area contributed by atoms with E-state index in [0.717, 1.165) is 38.5 Å². The molecule has 32 heavy (non-hydrogen) atoms. The molecule has 0 aromatic carbocycles. The highest BCUT2D eigenvalue weighted by atomic mass is 19.1. The second-order valence-corrected chi connectivity index (χ2v) is 7.96. The molecule has 0 radical (unpaired) electrons. The molecule has 172 valence electrons. The van der Waals surface area contributed by atoms with Crippen molar-refractivity contribution >= 4 is 5.82 Å². The van der Waals surface area contributed by atoms with E-state index in [4.69, 9.17) is 0 Å². The maximum absolute atomic E-state index is 14.5. The molecule has 0 spiro atoms. The highest BCUT2D eigenvalue weighted by Crippen LogP contribution is 2.22. The fourth-order valence-corrected chi connectivity index (χ4v) is 3.83. The van der Waals surface area contributed by atoms with Gasteiger partial charge in [0.05, 0.1) is 6.04 Å². The van der Waals surface area contributed by atoms with Gasteiger partial charge in [-0.2, -0.15) is 4.39 Å². The van der Waals surface area contributed by atoms with Crippen LogP contribution in [0.4, 0.5) is 14.6 Å². The minimum Gasteiger partial charge on any atom is -0.510 e. The molecule has 0 aliphatic carbocycles. The van der Waals surface area contributed by atoms with Crippen molar-refractivity contribution < 1.29 is 13.9 Å². The quantitative estimate of drug-likeness (QED) is 0.408. The normalized spacial score (nSPS) is 19.1. The maximum Gasteiger partial charge on any atom is 0.251 e. The van der Waals surface area contributed by atoms with Crippen molar-refractivity contribution in [1.82, 2.24) is 20.6 Å². The van der Waals surface area contributed by atoms with Gasteiger partial charge in [0.2, 0.25) is 0 Å². The Balaban J connectivity index is 2.04. The Morgan fingerprint density at radius 1 is 1.28 bits per heavy atom. The summed E-state index contributed by atoms with van der Waals surface area (Å²) in [5.41, 5.74) is 1.10. The number of aryl methyl sites for hydroxylation is 1. The number of rotatable bonds is 5. The van der Waals surface area contributed by atoms with Gasteiger partial charge in [-0.15, -0.1) is 0 Å². The number of anilines is 1. The summed E-state index contributed by atoms with van der Waals surface area (Å²) in [6, 6.07) is 1.36. The standard InChI is InChI=1S/C23H29F2N5O2/c1-14(27-19-7-8-20(25)29-23(19)16(3)31)18-11-17(24)13-26-22(32)12-21(28-15(18)2)30-9-5-4-6-10-30/h7-8,11-14,23,27,29,31H,3-6,9-10H2,1-2H3,(H,26,32). The molecule has 4 N–H and O–H groups in total. The van der Waals surface area contributed by atoms with Crippen LogP contribution in [0.3, 0.4) is 0 Å². The second kappa shape index (κ2) is 10.3. The lowest BCUT2D eigenvalue weighted by Crippen LogP contribution is -2.39. The Hall–Kier alpha value is -3.36. The zero-order valence-corrected chi connectivity index (χ0v) is 18.3. The van der Waals surface area contributed by atoms with E-state index < -0.39 is 29.4 Å². The summed E-state index contributed by atoms with van der Waals surface area (Å²) >= 11 is 0. The lowest BCUT2D eigenvalue weighted by atomic mass is 10.0. The molecule has 1 saturated heterocycles. The number of hydrogen-bond donors (Lipinski definition) is 4. The molecule has 2 unspecified atom stereocenters. The van der Waals surface area contributed by atoms with E-state index in [9.17, 15) is 18.7 Å². The van der Waals surface area contributed by atoms with Crippen molar-refractivity contribution in [3.63, 3.8) is 0 Å². The first-order valence-electron chi connectivity index (χ1n) is 10.6. The van der Waals surface area contributed by atoms with Crippen LogP contribution < -0.4 is 21.1 Å². The van der Waals surface area contributed by atoms with Gasteiger partial charge >= 0.3 is 0 Å². The van der Waals surface area contributed by atoms with E-state index in [1.165, 1.54) is 24.3 Å². The fraction of sp³-hybridized carbons (Fsp3) is 0.391. The summed E-state index contributed by atoms with van der Waals surface area (Å²) in [6.07, 6.45) is 6.89. The molecule has 0 saturated carbocycles. The van der Waals surface area contributed by atoms with Gasteiger partial charge in [0.25, 0.3) is 5.56 Å². The number of aromatic amines is 1. The van der Waals surface area contributed by atoms with Gasteiger partial charge in [-0.25, -0.2) is 9.37 Å². The molecule has 1 fully saturated rings. The molecular weight excluding hydrogens is 416 g/mol. The van der Waals surface area contributed by atoms with Gasteiger partial charge in [-0.1, -0.05) is 6.58 Å². The van der Waals surface area contributed by atoms with Crippen molar-refractivity contribution in [2.24, 2.45) is 0 Å². The molecule has 0 bridgehead atoms. The predicted octanol–water partition coefficient (Wildman–Crippen LogP) is 3.72. The molecule has 2 aliphatic heterocycles. The van der Waals surface area contributed by atoms with Crippen LogP contribution in [0.5, 0.6) is 0 Å². The third kappa shape index (κ3) is 5.87. The average Bonchev–Trinajstić information content (AvgIpc) is 2.76. The smallest absolute Gasteiger partial charge is 0.251 e. The Bertz CT molecular complexity index is 1040. The van der Waals surface area contributed by atoms with E-state index in [0.29, 0.717) is 22.8 Å². The Kier molecular flexibility index (Phi) is 7.50. The SMILES string of the molecule is C=C(O)C1NC(F)=CC=C1NC(C)c1cc(F)c[nH]c(=O)cc(N2CCCCC2)nc1C. The summed E-state index contributed by atoms with van der Waals surface area (Å²) in [5, 5.41) is 15.5. The summed E-state index contributed by atoms with van der Waals surface area (Å²) in [7, 11) is 0. The number of aromatic nitrogens is 2. The van der Waals surface area contributed by atoms with Crippen LogP contribution in [0.25, 0.3) is 0 Å². The van der Waals surface area contributed by atoms with Crippen molar-refractivity contribution in [3.05, 3.63) is 81.9 Å². The van der Waals surface area contributed by atoms with Crippen molar-refractivity contribution in [3.8, 4) is 0 Å². The molecule has 0 amide bonds. The zero-order chi connectivity index (χ0) is 23.3. The molecule has 9 heteroatoms. The topological polar surface area (TPSA) is 93.3 Å². The van der Waals surface area contributed by atoms with Crippen LogP contribution in [0, 0.1) is 12.7 Å². The lowest BCUT2D eigenvalue weighted by molar-refractivity contribution is 0.344. The molecule has 2 aliphatic rings. The van der Waals surface area contributed by atoms with Crippen molar-refractivity contribution in [2.75, 3.05) is 18.0 Å². The minimum atomic E-state index is -0.858. The zero-order valence-electron chi connectivity index (χ0n) is 18.3. The lowest BCUT2D eigenvalue weighted by Gasteiger charge is -2.28. The number of dihydropyridines is 1. The maximum atomic E-state index is 14.5. The summed E-state index contributed by atoms with van der Waals surface area (Å²) in [5.74, 6) is -0.969. The Morgan fingerprint density at radius 2 is 2.00 bits per heavy atom. The number of H-pyrrole nitrogens is 1. The van der Waals surface area contributed by atoms with Crippen LogP contribution in [-0.4, -0.2) is 34.2 Å². The molecule has 3 rings (SSSR count). The van der Waals surface area contributed by atoms with Gasteiger partial charge in [-0.3, -0.25) is 4.79 Å². The molecule has 2 atom stereocenters. The first-order valence-corrected chi connectivity index (χ1v) is 10.6. The van der Waals surface area contributed by atoms with Crippen LogP contribution in [0.2, 0.25) is 0 Å². The number of piperidine rings is 1. The summed E-state index contributed by atoms with van der Waals surface area (Å²) < 4.78 is 28.1. The van der Waals surface area contributed by atoms with Crippen LogP contribution >= 0.6 is 0 Å². The van der Waals surface area contributed by atoms with E-state index in [-0.39, 0.29) is 5.76 Å². The number of nitrogens with zero attached hydrogens (tertiary/aromatic N) is 2. The molecular formula is C23H29F2N5O2. The Morgan fingerprint density at radius 3 is 2.69 bits per heavy atom. The van der Waals surface area contributed by atoms with Gasteiger partial charge in [0, 0.05) is 36.7 Å². The number of aliphatic hydroxyl groups is 1. The highest BCUT2D eigenvalue weighted by molar-refractivity contribution is 5.39. The monoisotopic (exact) mass is 445 g/mol. The van der Waals surface area contributed by atoms with Gasteiger partial charge < -0.3 is 25.6 Å². The van der Waals surface area contributed by atoms with Crippen molar-refractivity contribution in [2.45, 2.75) is 45.2 Å². The van der Waals surface area contributed by atoms with Crippen LogP contribution in [0.1, 0.15) is 43.5 Å². The third-order valence-electron chi connectivity index (χ3n) is 5.47.